The van der Waals surface area contributed by atoms with Crippen LogP contribution in [-0.2, 0) is 4.79 Å². The van der Waals surface area contributed by atoms with Gasteiger partial charge in [0.25, 0.3) is 0 Å². The Morgan fingerprint density at radius 1 is 1.24 bits per heavy atom. The molecule has 0 aromatic heterocycles. The Kier molecular flexibility index (Phi) is 2.63. The zero-order valence-corrected chi connectivity index (χ0v) is 9.86. The molecule has 1 aliphatic heterocycles. The molecule has 1 saturated heterocycles. The monoisotopic (exact) mass is 230 g/mol. The van der Waals surface area contributed by atoms with Crippen LogP contribution in [0.15, 0.2) is 24.3 Å². The van der Waals surface area contributed by atoms with Gasteiger partial charge in [0.15, 0.2) is 0 Å². The summed E-state index contributed by atoms with van der Waals surface area (Å²) in [6.07, 6.45) is 2.62. The Labute approximate surface area is 101 Å². The fourth-order valence-corrected chi connectivity index (χ4v) is 2.79. The molecule has 3 nitrogen and oxygen atoms in total. The maximum atomic E-state index is 11.4. The number of benzene rings is 1. The maximum Gasteiger partial charge on any atom is 0.222 e. The summed E-state index contributed by atoms with van der Waals surface area (Å²) in [4.78, 5) is 11.4. The van der Waals surface area contributed by atoms with Crippen molar-refractivity contribution in [1.82, 2.24) is 5.32 Å². The van der Waals surface area contributed by atoms with E-state index in [2.05, 4.69) is 29.6 Å². The third-order valence-corrected chi connectivity index (χ3v) is 3.97. The molecule has 2 atom stereocenters. The van der Waals surface area contributed by atoms with E-state index < -0.39 is 0 Å². The lowest BCUT2D eigenvalue weighted by atomic mass is 9.87. The van der Waals surface area contributed by atoms with Crippen LogP contribution in [0.3, 0.4) is 0 Å². The molecule has 1 heterocycles. The molecular weight excluding hydrogens is 212 g/mol. The second-order valence-corrected chi connectivity index (χ2v) is 5.22. The van der Waals surface area contributed by atoms with E-state index >= 15 is 0 Å². The van der Waals surface area contributed by atoms with Crippen molar-refractivity contribution in [2.24, 2.45) is 11.7 Å². The highest BCUT2D eigenvalue weighted by atomic mass is 16.1. The van der Waals surface area contributed by atoms with Crippen molar-refractivity contribution >= 4 is 5.91 Å². The van der Waals surface area contributed by atoms with E-state index in [0.29, 0.717) is 6.54 Å². The Bertz CT molecular complexity index is 440. The molecule has 1 aromatic carbocycles. The zero-order valence-electron chi connectivity index (χ0n) is 9.86. The second kappa shape index (κ2) is 4.15. The van der Waals surface area contributed by atoms with Gasteiger partial charge >= 0.3 is 0 Å². The molecule has 0 spiro atoms. The first-order valence-electron chi connectivity index (χ1n) is 6.35. The minimum Gasteiger partial charge on any atom is -0.369 e. The van der Waals surface area contributed by atoms with Crippen molar-refractivity contribution in [3.8, 4) is 0 Å². The van der Waals surface area contributed by atoms with Gasteiger partial charge in [-0.3, -0.25) is 4.79 Å². The molecule has 90 valence electrons. The molecule has 1 aromatic rings. The molecule has 17 heavy (non-hydrogen) atoms. The van der Waals surface area contributed by atoms with Crippen LogP contribution in [0.5, 0.6) is 0 Å². The van der Waals surface area contributed by atoms with Gasteiger partial charge in [0.05, 0.1) is 5.92 Å². The van der Waals surface area contributed by atoms with Crippen molar-refractivity contribution in [3.05, 3.63) is 35.4 Å². The number of primary amides is 1. The first kappa shape index (κ1) is 10.8. The summed E-state index contributed by atoms with van der Waals surface area (Å²) in [7, 11) is 0. The van der Waals surface area contributed by atoms with Crippen LogP contribution in [0.2, 0.25) is 0 Å². The number of carbonyl (C=O) groups is 1. The van der Waals surface area contributed by atoms with Gasteiger partial charge in [-0.1, -0.05) is 24.3 Å². The largest absolute Gasteiger partial charge is 0.369 e. The number of rotatable bonds is 3. The average molecular weight is 230 g/mol. The number of amides is 1. The smallest absolute Gasteiger partial charge is 0.222 e. The van der Waals surface area contributed by atoms with Gasteiger partial charge in [0.2, 0.25) is 5.91 Å². The summed E-state index contributed by atoms with van der Waals surface area (Å²) in [5, 5.41) is 3.27. The Balaban J connectivity index is 1.87. The van der Waals surface area contributed by atoms with Gasteiger partial charge in [-0.25, -0.2) is 0 Å². The molecule has 3 heteroatoms. The van der Waals surface area contributed by atoms with Crippen molar-refractivity contribution in [3.63, 3.8) is 0 Å². The number of nitrogens with one attached hydrogen (secondary N) is 1. The van der Waals surface area contributed by atoms with Crippen molar-refractivity contribution in [2.45, 2.75) is 24.7 Å². The number of nitrogens with two attached hydrogens (primary N) is 1. The highest BCUT2D eigenvalue weighted by molar-refractivity contribution is 5.78. The van der Waals surface area contributed by atoms with E-state index in [9.17, 15) is 4.79 Å². The lowest BCUT2D eigenvalue weighted by molar-refractivity contribution is -0.121. The molecule has 1 saturated carbocycles. The van der Waals surface area contributed by atoms with Gasteiger partial charge in [-0.05, 0) is 29.9 Å². The zero-order chi connectivity index (χ0) is 11.8. The normalized spacial score (nSPS) is 28.2. The maximum absolute atomic E-state index is 11.4. The van der Waals surface area contributed by atoms with E-state index in [1.807, 2.05) is 0 Å². The van der Waals surface area contributed by atoms with Crippen molar-refractivity contribution in [1.29, 1.82) is 0 Å². The summed E-state index contributed by atoms with van der Waals surface area (Å²) < 4.78 is 0. The molecule has 2 fully saturated rings. The van der Waals surface area contributed by atoms with Gasteiger partial charge in [-0.2, -0.15) is 0 Å². The Morgan fingerprint density at radius 2 is 2.00 bits per heavy atom. The molecule has 3 N–H and O–H groups in total. The average Bonchev–Trinajstić information content (AvgIpc) is 3.06. The van der Waals surface area contributed by atoms with Crippen LogP contribution in [0, 0.1) is 5.92 Å². The first-order valence-corrected chi connectivity index (χ1v) is 6.35. The predicted octanol–water partition coefficient (Wildman–Crippen LogP) is 1.35. The Hall–Kier alpha value is -1.35. The number of carbonyl (C=O) groups excluding carboxylic acids is 1. The Morgan fingerprint density at radius 3 is 2.71 bits per heavy atom. The molecular formula is C14H18N2O. The van der Waals surface area contributed by atoms with E-state index in [4.69, 9.17) is 5.73 Å². The molecule has 0 radical (unpaired) electrons. The molecule has 2 unspecified atom stereocenters. The summed E-state index contributed by atoms with van der Waals surface area (Å²) in [6.45, 7) is 1.58. The first-order chi connectivity index (χ1) is 8.25. The van der Waals surface area contributed by atoms with Gasteiger partial charge in [0.1, 0.15) is 0 Å². The minimum absolute atomic E-state index is 0.0514. The van der Waals surface area contributed by atoms with Crippen molar-refractivity contribution in [2.75, 3.05) is 13.1 Å². The highest BCUT2D eigenvalue weighted by Gasteiger charge is 2.33. The van der Waals surface area contributed by atoms with E-state index in [1.165, 1.54) is 24.0 Å². The minimum atomic E-state index is -0.183. The molecule has 1 amide bonds. The van der Waals surface area contributed by atoms with Crippen LogP contribution in [-0.4, -0.2) is 19.0 Å². The van der Waals surface area contributed by atoms with Crippen LogP contribution in [0.25, 0.3) is 0 Å². The summed E-state index contributed by atoms with van der Waals surface area (Å²) in [5.74, 6) is 0.781. The fourth-order valence-electron chi connectivity index (χ4n) is 2.79. The van der Waals surface area contributed by atoms with Gasteiger partial charge in [-0.15, -0.1) is 0 Å². The van der Waals surface area contributed by atoms with Crippen LogP contribution < -0.4 is 11.1 Å². The van der Waals surface area contributed by atoms with Crippen LogP contribution >= 0.6 is 0 Å². The second-order valence-electron chi connectivity index (χ2n) is 5.22. The molecule has 0 bridgehead atoms. The van der Waals surface area contributed by atoms with Gasteiger partial charge < -0.3 is 11.1 Å². The van der Waals surface area contributed by atoms with Crippen LogP contribution in [0.1, 0.15) is 35.8 Å². The SMILES string of the molecule is NC(=O)C1CNCC1c1cccc(C2CC2)c1. The number of hydrogen-bond acceptors (Lipinski definition) is 2. The van der Waals surface area contributed by atoms with E-state index in [0.717, 1.165) is 12.5 Å². The highest BCUT2D eigenvalue weighted by Crippen LogP contribution is 2.41. The summed E-state index contributed by atoms with van der Waals surface area (Å²) in [5.41, 5.74) is 8.15. The third kappa shape index (κ3) is 2.07. The quantitative estimate of drug-likeness (QED) is 0.823. The molecule has 3 rings (SSSR count). The topological polar surface area (TPSA) is 55.1 Å². The number of hydrogen-bond donors (Lipinski definition) is 2. The summed E-state index contributed by atoms with van der Waals surface area (Å²) in [6, 6.07) is 8.70. The van der Waals surface area contributed by atoms with Crippen molar-refractivity contribution < 1.29 is 4.79 Å². The lowest BCUT2D eigenvalue weighted by Crippen LogP contribution is -2.28. The van der Waals surface area contributed by atoms with Gasteiger partial charge in [0, 0.05) is 19.0 Å². The van der Waals surface area contributed by atoms with E-state index in [-0.39, 0.29) is 17.7 Å². The summed E-state index contributed by atoms with van der Waals surface area (Å²) >= 11 is 0. The fraction of sp³-hybridized carbons (Fsp3) is 0.500. The predicted molar refractivity (Wildman–Crippen MR) is 66.7 cm³/mol. The van der Waals surface area contributed by atoms with Crippen LogP contribution in [0.4, 0.5) is 0 Å². The lowest BCUT2D eigenvalue weighted by Gasteiger charge is -2.16. The molecule has 2 aliphatic rings. The standard InChI is InChI=1S/C14H18N2O/c15-14(17)13-8-16-7-12(13)11-3-1-2-10(6-11)9-4-5-9/h1-3,6,9,12-13,16H,4-5,7-8H2,(H2,15,17). The third-order valence-electron chi connectivity index (χ3n) is 3.97. The molecule has 1 aliphatic carbocycles. The van der Waals surface area contributed by atoms with E-state index in [1.54, 1.807) is 0 Å².